The first kappa shape index (κ1) is 25.6. The maximum atomic E-state index is 12.4. The Kier molecular flexibility index (Phi) is 8.99. The van der Waals surface area contributed by atoms with Crippen molar-refractivity contribution in [1.82, 2.24) is 9.97 Å². The molecule has 2 amide bonds. The van der Waals surface area contributed by atoms with Crippen molar-refractivity contribution in [3.63, 3.8) is 0 Å². The molecule has 0 atom stereocenters. The van der Waals surface area contributed by atoms with E-state index in [0.717, 1.165) is 0 Å². The van der Waals surface area contributed by atoms with Crippen LogP contribution >= 0.6 is 11.6 Å². The first-order valence-corrected chi connectivity index (χ1v) is 10.3. The molecule has 3 aromatic rings. The Morgan fingerprint density at radius 3 is 2.38 bits per heavy atom. The topological polar surface area (TPSA) is 139 Å². The second-order valence-electron chi connectivity index (χ2n) is 5.89. The monoisotopic (exact) mass is 484 g/mol. The SMILES string of the molecule is Cc1cc(Cl)nc(NC(=O)[N-]S(=O)(=O)Oc2ccccc2C(=O)Oc2ccccc2)n1.[Na+]. The Morgan fingerprint density at radius 1 is 1.03 bits per heavy atom. The molecule has 2 aromatic carbocycles. The normalized spacial score (nSPS) is 10.4. The number of nitrogens with one attached hydrogen (secondary N) is 1. The van der Waals surface area contributed by atoms with Crippen LogP contribution in [0.4, 0.5) is 10.7 Å². The maximum Gasteiger partial charge on any atom is 1.00 e. The van der Waals surface area contributed by atoms with Gasteiger partial charge in [0.2, 0.25) is 0 Å². The van der Waals surface area contributed by atoms with Gasteiger partial charge in [0.05, 0.1) is 0 Å². The molecule has 0 spiro atoms. The minimum Gasteiger partial charge on any atom is -0.423 e. The second-order valence-corrected chi connectivity index (χ2v) is 7.48. The van der Waals surface area contributed by atoms with Crippen molar-refractivity contribution < 1.29 is 56.5 Å². The van der Waals surface area contributed by atoms with Gasteiger partial charge in [-0.25, -0.2) is 14.8 Å². The van der Waals surface area contributed by atoms with Crippen LogP contribution < -0.4 is 43.8 Å². The minimum atomic E-state index is -4.79. The van der Waals surface area contributed by atoms with Gasteiger partial charge < -0.3 is 14.2 Å². The zero-order chi connectivity index (χ0) is 22.4. The number of anilines is 1. The summed E-state index contributed by atoms with van der Waals surface area (Å²) in [5.41, 5.74) is 0.264. The summed E-state index contributed by atoms with van der Waals surface area (Å²) in [6.07, 6.45) is 0. The van der Waals surface area contributed by atoms with Crippen LogP contribution in [0.5, 0.6) is 11.5 Å². The number of para-hydroxylation sites is 2. The zero-order valence-electron chi connectivity index (χ0n) is 16.9. The number of hydrogen-bond donors (Lipinski definition) is 1. The molecule has 0 fully saturated rings. The number of nitrogens with zero attached hydrogens (tertiary/aromatic N) is 3. The van der Waals surface area contributed by atoms with Gasteiger partial charge in [0.25, 0.3) is 0 Å². The second kappa shape index (κ2) is 11.2. The number of aryl methyl sites for hydroxylation is 1. The summed E-state index contributed by atoms with van der Waals surface area (Å²) >= 11 is 5.76. The van der Waals surface area contributed by atoms with Gasteiger partial charge in [-0.05, 0) is 37.3 Å². The van der Waals surface area contributed by atoms with E-state index in [1.807, 2.05) is 0 Å². The number of hydrogen-bond acceptors (Lipinski definition) is 8. The zero-order valence-corrected chi connectivity index (χ0v) is 20.4. The van der Waals surface area contributed by atoms with Gasteiger partial charge in [-0.2, -0.15) is 8.42 Å². The standard InChI is InChI=1S/C19H15ClN4O6S.Na/c1-12-11-16(20)22-18(21-12)23-19(26)24-31(27,28)30-15-10-6-5-9-14(15)17(25)29-13-7-3-2-4-8-13;/h2-11H,1H3,(H2,21,22,23,24,26);/q;+1/p-1. The number of esters is 1. The molecular weight excluding hydrogens is 471 g/mol. The molecule has 13 heteroatoms. The average Bonchev–Trinajstić information content (AvgIpc) is 2.67. The number of urea groups is 1. The van der Waals surface area contributed by atoms with Crippen LogP contribution in [0.3, 0.4) is 0 Å². The van der Waals surface area contributed by atoms with Gasteiger partial charge in [0.1, 0.15) is 22.4 Å². The number of ether oxygens (including phenoxy) is 1. The summed E-state index contributed by atoms with van der Waals surface area (Å²) in [4.78, 5) is 32.0. The van der Waals surface area contributed by atoms with E-state index in [0.29, 0.717) is 5.69 Å². The summed E-state index contributed by atoms with van der Waals surface area (Å²) in [6, 6.07) is 13.8. The molecular formula is C19H14ClN4NaO6S. The van der Waals surface area contributed by atoms with Crippen molar-refractivity contribution in [2.24, 2.45) is 0 Å². The Morgan fingerprint density at radius 2 is 1.69 bits per heavy atom. The molecule has 1 aromatic heterocycles. The fourth-order valence-corrected chi connectivity index (χ4v) is 3.19. The maximum absolute atomic E-state index is 12.4. The molecule has 160 valence electrons. The third-order valence-corrected chi connectivity index (χ3v) is 4.47. The number of carbonyl (C=O) groups excluding carboxylic acids is 2. The van der Waals surface area contributed by atoms with E-state index < -0.39 is 22.3 Å². The quantitative estimate of drug-likeness (QED) is 0.235. The molecule has 0 saturated carbocycles. The van der Waals surface area contributed by atoms with Crippen molar-refractivity contribution >= 4 is 39.9 Å². The number of amides is 2. The average molecular weight is 485 g/mol. The van der Waals surface area contributed by atoms with Gasteiger partial charge in [-0.3, -0.25) is 9.52 Å². The Bertz CT molecular complexity index is 1210. The van der Waals surface area contributed by atoms with E-state index in [-0.39, 0.29) is 57.7 Å². The first-order valence-electron chi connectivity index (χ1n) is 8.58. The predicted molar refractivity (Wildman–Crippen MR) is 112 cm³/mol. The molecule has 0 aliphatic carbocycles. The molecule has 1 heterocycles. The van der Waals surface area contributed by atoms with Gasteiger partial charge in [0, 0.05) is 5.69 Å². The molecule has 10 nitrogen and oxygen atoms in total. The Hall–Kier alpha value is -2.70. The predicted octanol–water partition coefficient (Wildman–Crippen LogP) is 0.891. The number of benzene rings is 2. The minimum absolute atomic E-state index is 0. The fourth-order valence-electron chi connectivity index (χ4n) is 2.30. The molecule has 3 rings (SSSR count). The van der Waals surface area contributed by atoms with Crippen LogP contribution in [-0.4, -0.2) is 30.4 Å². The van der Waals surface area contributed by atoms with Crippen molar-refractivity contribution in [2.75, 3.05) is 5.32 Å². The van der Waals surface area contributed by atoms with E-state index in [9.17, 15) is 18.0 Å². The van der Waals surface area contributed by atoms with Crippen LogP contribution in [0.15, 0.2) is 60.7 Å². The molecule has 0 aliphatic rings. The van der Waals surface area contributed by atoms with Crippen LogP contribution in [0.2, 0.25) is 5.15 Å². The van der Waals surface area contributed by atoms with Gasteiger partial charge in [-0.1, -0.05) is 41.9 Å². The van der Waals surface area contributed by atoms with Crippen LogP contribution in [0, 0.1) is 6.92 Å². The molecule has 0 unspecified atom stereocenters. The van der Waals surface area contributed by atoms with Gasteiger partial charge in [-0.15, -0.1) is 0 Å². The molecule has 0 saturated heterocycles. The number of carbonyl (C=O) groups is 2. The summed E-state index contributed by atoms with van der Waals surface area (Å²) in [5.74, 6) is -1.20. The van der Waals surface area contributed by atoms with Crippen LogP contribution in [0.1, 0.15) is 16.1 Å². The first-order chi connectivity index (χ1) is 14.7. The largest absolute Gasteiger partial charge is 1.00 e. The van der Waals surface area contributed by atoms with Crippen LogP contribution in [-0.2, 0) is 10.3 Å². The van der Waals surface area contributed by atoms with Crippen molar-refractivity contribution in [1.29, 1.82) is 0 Å². The Balaban J connectivity index is 0.00000363. The summed E-state index contributed by atoms with van der Waals surface area (Å²) in [5, 5.41) is 2.12. The number of rotatable bonds is 6. The summed E-state index contributed by atoms with van der Waals surface area (Å²) in [6.45, 7) is 1.60. The summed E-state index contributed by atoms with van der Waals surface area (Å²) < 4.78 is 37.4. The fraction of sp³-hybridized carbons (Fsp3) is 0.0526. The molecule has 0 aliphatic heterocycles. The van der Waals surface area contributed by atoms with Gasteiger partial charge in [0.15, 0.2) is 11.8 Å². The van der Waals surface area contributed by atoms with Crippen molar-refractivity contribution in [3.05, 3.63) is 81.8 Å². The Labute approximate surface area is 210 Å². The van der Waals surface area contributed by atoms with E-state index in [4.69, 9.17) is 20.5 Å². The third-order valence-electron chi connectivity index (χ3n) is 3.49. The molecule has 32 heavy (non-hydrogen) atoms. The van der Waals surface area contributed by atoms with E-state index in [1.165, 1.54) is 30.3 Å². The van der Waals surface area contributed by atoms with Crippen molar-refractivity contribution in [2.45, 2.75) is 6.92 Å². The number of aromatic nitrogens is 2. The van der Waals surface area contributed by atoms with E-state index >= 15 is 0 Å². The van der Waals surface area contributed by atoms with Crippen LogP contribution in [0.25, 0.3) is 4.72 Å². The summed E-state index contributed by atoms with van der Waals surface area (Å²) in [7, 11) is -4.79. The van der Waals surface area contributed by atoms with Crippen molar-refractivity contribution in [3.8, 4) is 11.5 Å². The number of halogens is 1. The smallest absolute Gasteiger partial charge is 0.423 e. The molecule has 0 bridgehead atoms. The van der Waals surface area contributed by atoms with Gasteiger partial charge >= 0.3 is 45.8 Å². The van der Waals surface area contributed by atoms with E-state index in [2.05, 4.69) is 20.0 Å². The van der Waals surface area contributed by atoms with E-state index in [1.54, 1.807) is 37.3 Å². The third kappa shape index (κ3) is 7.46. The molecule has 0 radical (unpaired) electrons. The molecule has 1 N–H and O–H groups in total.